The highest BCUT2D eigenvalue weighted by Gasteiger charge is 2.39. The summed E-state index contributed by atoms with van der Waals surface area (Å²) in [7, 11) is 0. The number of ether oxygens (including phenoxy) is 1. The fraction of sp³-hybridized carbons (Fsp3) is 0.538. The van der Waals surface area contributed by atoms with Gasteiger partial charge in [-0.15, -0.1) is 0 Å². The Morgan fingerprint density at radius 2 is 2.28 bits per heavy atom. The van der Waals surface area contributed by atoms with Crippen LogP contribution in [0, 0.1) is 12.3 Å². The topological polar surface area (TPSA) is 71.5 Å². The summed E-state index contributed by atoms with van der Waals surface area (Å²) in [6.45, 7) is 3.37. The van der Waals surface area contributed by atoms with Crippen molar-refractivity contribution in [3.63, 3.8) is 0 Å². The molecule has 2 N–H and O–H groups in total. The SMILES string of the molecule is Cc1cc(NCC2(C(=O)O)CCOCC2)ccn1. The van der Waals surface area contributed by atoms with Gasteiger partial charge in [0.2, 0.25) is 0 Å². The lowest BCUT2D eigenvalue weighted by Gasteiger charge is -2.33. The first-order valence-electron chi connectivity index (χ1n) is 6.10. The van der Waals surface area contributed by atoms with E-state index in [1.54, 1.807) is 6.20 Å². The van der Waals surface area contributed by atoms with Crippen LogP contribution in [0.2, 0.25) is 0 Å². The molecule has 2 rings (SSSR count). The number of hydrogen-bond donors (Lipinski definition) is 2. The third-order valence-electron chi connectivity index (χ3n) is 3.43. The van der Waals surface area contributed by atoms with E-state index in [1.807, 2.05) is 19.1 Å². The number of nitrogens with one attached hydrogen (secondary N) is 1. The predicted octanol–water partition coefficient (Wildman–Crippen LogP) is 1.68. The van der Waals surface area contributed by atoms with E-state index >= 15 is 0 Å². The van der Waals surface area contributed by atoms with Crippen LogP contribution in [0.4, 0.5) is 5.69 Å². The van der Waals surface area contributed by atoms with Crippen molar-refractivity contribution >= 4 is 11.7 Å². The molecule has 1 aromatic rings. The van der Waals surface area contributed by atoms with Gasteiger partial charge in [0.1, 0.15) is 0 Å². The number of hydrogen-bond acceptors (Lipinski definition) is 4. The summed E-state index contributed by atoms with van der Waals surface area (Å²) in [6, 6.07) is 3.76. The van der Waals surface area contributed by atoms with Crippen LogP contribution in [0.5, 0.6) is 0 Å². The van der Waals surface area contributed by atoms with Gasteiger partial charge in [-0.1, -0.05) is 0 Å². The first-order valence-corrected chi connectivity index (χ1v) is 6.10. The van der Waals surface area contributed by atoms with Crippen LogP contribution < -0.4 is 5.32 Å². The van der Waals surface area contributed by atoms with Crippen molar-refractivity contribution in [1.82, 2.24) is 4.98 Å². The molecule has 0 aliphatic carbocycles. The first kappa shape index (κ1) is 12.8. The minimum Gasteiger partial charge on any atom is -0.481 e. The average Bonchev–Trinajstić information content (AvgIpc) is 2.37. The minimum atomic E-state index is -0.746. The summed E-state index contributed by atoms with van der Waals surface area (Å²) in [4.78, 5) is 15.6. The van der Waals surface area contributed by atoms with Crippen molar-refractivity contribution in [3.05, 3.63) is 24.0 Å². The molecule has 0 saturated carbocycles. The summed E-state index contributed by atoms with van der Waals surface area (Å²) in [6.07, 6.45) is 2.83. The fourth-order valence-electron chi connectivity index (χ4n) is 2.16. The zero-order valence-corrected chi connectivity index (χ0v) is 10.5. The number of carboxylic acids is 1. The summed E-state index contributed by atoms with van der Waals surface area (Å²) in [5.41, 5.74) is 1.11. The highest BCUT2D eigenvalue weighted by molar-refractivity contribution is 5.75. The molecule has 1 aliphatic rings. The van der Waals surface area contributed by atoms with Gasteiger partial charge in [0.15, 0.2) is 0 Å². The molecule has 0 radical (unpaired) electrons. The Morgan fingerprint density at radius 1 is 1.56 bits per heavy atom. The van der Waals surface area contributed by atoms with Gasteiger partial charge in [0, 0.05) is 37.3 Å². The number of anilines is 1. The molecule has 5 nitrogen and oxygen atoms in total. The Balaban J connectivity index is 2.04. The third kappa shape index (κ3) is 2.79. The molecule has 0 unspecified atom stereocenters. The molecule has 0 atom stereocenters. The number of carbonyl (C=O) groups is 1. The van der Waals surface area contributed by atoms with Gasteiger partial charge in [0.25, 0.3) is 0 Å². The third-order valence-corrected chi connectivity index (χ3v) is 3.43. The van der Waals surface area contributed by atoms with E-state index < -0.39 is 11.4 Å². The van der Waals surface area contributed by atoms with E-state index in [0.29, 0.717) is 32.6 Å². The maximum absolute atomic E-state index is 11.5. The Bertz CT molecular complexity index is 428. The van der Waals surface area contributed by atoms with Gasteiger partial charge in [-0.3, -0.25) is 9.78 Å². The van der Waals surface area contributed by atoms with E-state index in [2.05, 4.69) is 10.3 Å². The smallest absolute Gasteiger partial charge is 0.311 e. The number of aromatic nitrogens is 1. The van der Waals surface area contributed by atoms with Crippen molar-refractivity contribution in [1.29, 1.82) is 0 Å². The zero-order chi connectivity index (χ0) is 13.0. The highest BCUT2D eigenvalue weighted by Crippen LogP contribution is 2.31. The summed E-state index contributed by atoms with van der Waals surface area (Å²) in [5, 5.41) is 12.6. The second kappa shape index (κ2) is 5.35. The normalized spacial score (nSPS) is 18.3. The van der Waals surface area contributed by atoms with Crippen LogP contribution in [0.25, 0.3) is 0 Å². The molecule has 18 heavy (non-hydrogen) atoms. The van der Waals surface area contributed by atoms with Crippen LogP contribution in [0.15, 0.2) is 18.3 Å². The molecule has 0 bridgehead atoms. The van der Waals surface area contributed by atoms with E-state index in [1.165, 1.54) is 0 Å². The lowest BCUT2D eigenvalue weighted by Crippen LogP contribution is -2.42. The Morgan fingerprint density at radius 3 is 2.89 bits per heavy atom. The van der Waals surface area contributed by atoms with Gasteiger partial charge in [-0.05, 0) is 31.9 Å². The first-order chi connectivity index (χ1) is 8.62. The molecule has 1 aromatic heterocycles. The van der Waals surface area contributed by atoms with Gasteiger partial charge in [0.05, 0.1) is 5.41 Å². The van der Waals surface area contributed by atoms with Crippen LogP contribution in [-0.2, 0) is 9.53 Å². The summed E-state index contributed by atoms with van der Waals surface area (Å²) < 4.78 is 5.24. The summed E-state index contributed by atoms with van der Waals surface area (Å²) in [5.74, 6) is -0.746. The Labute approximate surface area is 106 Å². The number of aliphatic carboxylic acids is 1. The molecular weight excluding hydrogens is 232 g/mol. The average molecular weight is 250 g/mol. The maximum atomic E-state index is 11.5. The zero-order valence-electron chi connectivity index (χ0n) is 10.5. The molecule has 98 valence electrons. The van der Waals surface area contributed by atoms with Gasteiger partial charge in [-0.25, -0.2) is 0 Å². The fourth-order valence-corrected chi connectivity index (χ4v) is 2.16. The molecule has 1 aliphatic heterocycles. The minimum absolute atomic E-state index is 0.426. The van der Waals surface area contributed by atoms with Crippen molar-refractivity contribution in [2.75, 3.05) is 25.1 Å². The van der Waals surface area contributed by atoms with Crippen LogP contribution in [-0.4, -0.2) is 35.8 Å². The summed E-state index contributed by atoms with van der Waals surface area (Å²) >= 11 is 0. The second-order valence-corrected chi connectivity index (χ2v) is 4.74. The molecule has 5 heteroatoms. The number of aryl methyl sites for hydroxylation is 1. The lowest BCUT2D eigenvalue weighted by molar-refractivity contribution is -0.153. The van der Waals surface area contributed by atoms with Crippen LogP contribution in [0.1, 0.15) is 18.5 Å². The van der Waals surface area contributed by atoms with Crippen molar-refractivity contribution in [2.45, 2.75) is 19.8 Å². The molecule has 1 fully saturated rings. The molecule has 0 spiro atoms. The predicted molar refractivity (Wildman–Crippen MR) is 67.6 cm³/mol. The van der Waals surface area contributed by atoms with Crippen LogP contribution in [0.3, 0.4) is 0 Å². The monoisotopic (exact) mass is 250 g/mol. The number of rotatable bonds is 4. The van der Waals surface area contributed by atoms with E-state index in [-0.39, 0.29) is 0 Å². The quantitative estimate of drug-likeness (QED) is 0.850. The van der Waals surface area contributed by atoms with Gasteiger partial charge >= 0.3 is 5.97 Å². The van der Waals surface area contributed by atoms with E-state index in [9.17, 15) is 9.90 Å². The Kier molecular flexibility index (Phi) is 3.81. The van der Waals surface area contributed by atoms with Gasteiger partial charge in [-0.2, -0.15) is 0 Å². The molecule has 2 heterocycles. The van der Waals surface area contributed by atoms with Crippen molar-refractivity contribution in [3.8, 4) is 0 Å². The maximum Gasteiger partial charge on any atom is 0.311 e. The van der Waals surface area contributed by atoms with E-state index in [4.69, 9.17) is 4.74 Å². The Hall–Kier alpha value is -1.62. The second-order valence-electron chi connectivity index (χ2n) is 4.74. The van der Waals surface area contributed by atoms with Crippen molar-refractivity contribution in [2.24, 2.45) is 5.41 Å². The number of carboxylic acid groups (broad SMARTS) is 1. The van der Waals surface area contributed by atoms with Crippen molar-refractivity contribution < 1.29 is 14.6 Å². The van der Waals surface area contributed by atoms with Gasteiger partial charge < -0.3 is 15.2 Å². The number of pyridine rings is 1. The lowest BCUT2D eigenvalue weighted by atomic mass is 9.80. The standard InChI is InChI=1S/C13H18N2O3/c1-10-8-11(2-5-14-10)15-9-13(12(16)17)3-6-18-7-4-13/h2,5,8H,3-4,6-7,9H2,1H3,(H,14,15)(H,16,17). The molecule has 1 saturated heterocycles. The molecular formula is C13H18N2O3. The largest absolute Gasteiger partial charge is 0.481 e. The highest BCUT2D eigenvalue weighted by atomic mass is 16.5. The van der Waals surface area contributed by atoms with Crippen LogP contribution >= 0.6 is 0 Å². The molecule has 0 amide bonds. The van der Waals surface area contributed by atoms with E-state index in [0.717, 1.165) is 11.4 Å². The number of nitrogens with zero attached hydrogens (tertiary/aromatic N) is 1. The molecule has 0 aromatic carbocycles.